The number of rotatable bonds is 12. The fraction of sp³-hybridized carbons (Fsp3) is 0.778. The third kappa shape index (κ3) is 7.08. The van der Waals surface area contributed by atoms with Gasteiger partial charge in [-0.3, -0.25) is 9.59 Å². The van der Waals surface area contributed by atoms with E-state index in [4.69, 9.17) is 4.42 Å². The minimum Gasteiger partial charge on any atom is -0.408 e. The smallest absolute Gasteiger partial charge is 0.286 e. The van der Waals surface area contributed by atoms with Gasteiger partial charge in [-0.1, -0.05) is 50.8 Å². The summed E-state index contributed by atoms with van der Waals surface area (Å²) in [7, 11) is 1.88. The van der Waals surface area contributed by atoms with Gasteiger partial charge in [0.2, 0.25) is 12.2 Å². The van der Waals surface area contributed by atoms with Crippen LogP contribution in [0.1, 0.15) is 69.0 Å². The van der Waals surface area contributed by atoms with E-state index in [2.05, 4.69) is 22.4 Å². The summed E-state index contributed by atoms with van der Waals surface area (Å²) in [5, 5.41) is 11.3. The Balaban J connectivity index is 0.00000364. The third-order valence-electron chi connectivity index (χ3n) is 4.81. The lowest BCUT2D eigenvalue weighted by molar-refractivity contribution is -0.122. The second-order valence-electron chi connectivity index (χ2n) is 6.69. The molecule has 0 bridgehead atoms. The van der Waals surface area contributed by atoms with E-state index >= 15 is 0 Å². The molecule has 0 aliphatic heterocycles. The number of hydrogen-bond acceptors (Lipinski definition) is 7. The van der Waals surface area contributed by atoms with Gasteiger partial charge in [-0.2, -0.15) is 0 Å². The number of carbonyl (C=O) groups is 2. The molecule has 154 valence electrons. The van der Waals surface area contributed by atoms with Crippen molar-refractivity contribution in [2.24, 2.45) is 0 Å². The molecule has 0 saturated heterocycles. The van der Waals surface area contributed by atoms with Crippen LogP contribution < -0.4 is 5.32 Å². The molecule has 1 aliphatic carbocycles. The van der Waals surface area contributed by atoms with Crippen molar-refractivity contribution in [2.45, 2.75) is 75.6 Å². The van der Waals surface area contributed by atoms with Gasteiger partial charge in [0, 0.05) is 18.3 Å². The Kier molecular flexibility index (Phi) is 11.6. The maximum atomic E-state index is 13.0. The van der Waals surface area contributed by atoms with Gasteiger partial charge >= 0.3 is 0 Å². The second-order valence-corrected chi connectivity index (χ2v) is 7.74. The number of nitrogens with one attached hydrogen (secondary N) is 1. The number of nitrogens with zero attached hydrogens (tertiary/aromatic N) is 3. The Bertz CT molecular complexity index is 567. The zero-order chi connectivity index (χ0) is 18.8. The maximum Gasteiger partial charge on any atom is 0.286 e. The van der Waals surface area contributed by atoms with Crippen LogP contribution in [0, 0.1) is 0 Å². The highest BCUT2D eigenvalue weighted by Gasteiger charge is 2.34. The maximum absolute atomic E-state index is 13.0. The van der Waals surface area contributed by atoms with Gasteiger partial charge in [-0.25, -0.2) is 0 Å². The highest BCUT2D eigenvalue weighted by molar-refractivity contribution is 7.99. The summed E-state index contributed by atoms with van der Waals surface area (Å²) in [4.78, 5) is 26.6. The van der Waals surface area contributed by atoms with Crippen molar-refractivity contribution in [3.63, 3.8) is 0 Å². The molecule has 9 heteroatoms. The van der Waals surface area contributed by atoms with Crippen LogP contribution in [-0.4, -0.2) is 58.7 Å². The summed E-state index contributed by atoms with van der Waals surface area (Å²) in [6, 6.07) is -0.370. The van der Waals surface area contributed by atoms with E-state index in [0.29, 0.717) is 11.6 Å². The molecule has 2 rings (SSSR count). The van der Waals surface area contributed by atoms with Crippen LogP contribution in [0.15, 0.2) is 9.64 Å². The summed E-state index contributed by atoms with van der Waals surface area (Å²) < 4.78 is 5.56. The Hall–Kier alpha value is -1.12. The number of unbranched alkanes of at least 4 members (excludes halogenated alkanes) is 1. The number of hydrogen-bond donors (Lipinski definition) is 1. The molecule has 1 atom stereocenters. The van der Waals surface area contributed by atoms with Gasteiger partial charge < -0.3 is 14.6 Å². The number of amides is 1. The first kappa shape index (κ1) is 23.9. The number of aromatic nitrogens is 2. The molecule has 7 nitrogen and oxygen atoms in total. The normalized spacial score (nSPS) is 15.8. The molecule has 1 heterocycles. The molecule has 1 fully saturated rings. The molecule has 27 heavy (non-hydrogen) atoms. The van der Waals surface area contributed by atoms with Crippen molar-refractivity contribution in [3.05, 3.63) is 5.89 Å². The standard InChI is InChI=1S/C18H30N4O3S.ClH/c1-3-4-10-15(22(13-23)14-8-6-5-7-9-14)16(24)17-20-21-18(25-17)26-12-11-19-2;/h13-15,19H,3-12H2,1-2H3;1H/t15-;/m0./s1. The minimum atomic E-state index is -0.508. The number of halogens is 1. The van der Waals surface area contributed by atoms with Gasteiger partial charge in [0.1, 0.15) is 6.04 Å². The predicted molar refractivity (Wildman–Crippen MR) is 109 cm³/mol. The van der Waals surface area contributed by atoms with Gasteiger partial charge in [0.05, 0.1) is 0 Å². The van der Waals surface area contributed by atoms with E-state index in [9.17, 15) is 9.59 Å². The summed E-state index contributed by atoms with van der Waals surface area (Å²) in [6.07, 6.45) is 8.66. The lowest BCUT2D eigenvalue weighted by Crippen LogP contribution is -2.47. The van der Waals surface area contributed by atoms with E-state index in [1.807, 2.05) is 7.05 Å². The second kappa shape index (κ2) is 13.1. The molecule has 1 amide bonds. The zero-order valence-corrected chi connectivity index (χ0v) is 17.8. The van der Waals surface area contributed by atoms with Crippen molar-refractivity contribution in [2.75, 3.05) is 19.3 Å². The van der Waals surface area contributed by atoms with Gasteiger partial charge in [-0.15, -0.1) is 22.6 Å². The average molecular weight is 419 g/mol. The number of Topliss-reactive ketones (excluding diaryl/α,β-unsaturated/α-hetero) is 1. The van der Waals surface area contributed by atoms with Crippen molar-refractivity contribution in [1.29, 1.82) is 0 Å². The Morgan fingerprint density at radius 1 is 1.37 bits per heavy atom. The topological polar surface area (TPSA) is 88.3 Å². The first-order valence-electron chi connectivity index (χ1n) is 9.59. The Morgan fingerprint density at radius 2 is 2.11 bits per heavy atom. The summed E-state index contributed by atoms with van der Waals surface area (Å²) in [6.45, 7) is 2.90. The van der Waals surface area contributed by atoms with Crippen LogP contribution >= 0.6 is 24.2 Å². The predicted octanol–water partition coefficient (Wildman–Crippen LogP) is 3.34. The summed E-state index contributed by atoms with van der Waals surface area (Å²) in [5.41, 5.74) is 0. The first-order valence-corrected chi connectivity index (χ1v) is 10.6. The van der Waals surface area contributed by atoms with Crippen LogP contribution in [0.3, 0.4) is 0 Å². The summed E-state index contributed by atoms with van der Waals surface area (Å²) in [5.74, 6) is 0.568. The quantitative estimate of drug-likeness (QED) is 0.241. The molecule has 0 radical (unpaired) electrons. The molecule has 0 unspecified atom stereocenters. The van der Waals surface area contributed by atoms with E-state index in [1.165, 1.54) is 18.2 Å². The molecular weight excluding hydrogens is 388 g/mol. The first-order chi connectivity index (χ1) is 12.7. The van der Waals surface area contributed by atoms with E-state index in [0.717, 1.165) is 57.2 Å². The lowest BCUT2D eigenvalue weighted by atomic mass is 9.92. The Morgan fingerprint density at radius 3 is 2.74 bits per heavy atom. The van der Waals surface area contributed by atoms with Gasteiger partial charge in [-0.05, 0) is 26.3 Å². The van der Waals surface area contributed by atoms with Crippen LogP contribution in [0.4, 0.5) is 0 Å². The number of ketones is 1. The lowest BCUT2D eigenvalue weighted by Gasteiger charge is -2.36. The fourth-order valence-corrected chi connectivity index (χ4v) is 4.07. The van der Waals surface area contributed by atoms with Crippen molar-refractivity contribution >= 4 is 36.4 Å². The molecule has 1 aromatic heterocycles. The van der Waals surface area contributed by atoms with Crippen LogP contribution in [-0.2, 0) is 4.79 Å². The highest BCUT2D eigenvalue weighted by atomic mass is 35.5. The molecule has 0 aromatic carbocycles. The van der Waals surface area contributed by atoms with Crippen LogP contribution in [0.5, 0.6) is 0 Å². The fourth-order valence-electron chi connectivity index (χ4n) is 3.36. The van der Waals surface area contributed by atoms with Crippen LogP contribution in [0.2, 0.25) is 0 Å². The highest BCUT2D eigenvalue weighted by Crippen LogP contribution is 2.26. The van der Waals surface area contributed by atoms with Gasteiger partial charge in [0.15, 0.2) is 0 Å². The molecule has 1 aromatic rings. The van der Waals surface area contributed by atoms with Crippen LogP contribution in [0.25, 0.3) is 0 Å². The van der Waals surface area contributed by atoms with E-state index in [1.54, 1.807) is 4.90 Å². The zero-order valence-electron chi connectivity index (χ0n) is 16.2. The van der Waals surface area contributed by atoms with Gasteiger partial charge in [0.25, 0.3) is 11.1 Å². The van der Waals surface area contributed by atoms with E-state index < -0.39 is 6.04 Å². The molecule has 0 spiro atoms. The minimum absolute atomic E-state index is 0. The van der Waals surface area contributed by atoms with Crippen molar-refractivity contribution < 1.29 is 14.0 Å². The number of carbonyl (C=O) groups excluding carboxylic acids is 2. The molecule has 1 aliphatic rings. The third-order valence-corrected chi connectivity index (χ3v) is 5.63. The largest absolute Gasteiger partial charge is 0.408 e. The van der Waals surface area contributed by atoms with E-state index in [-0.39, 0.29) is 30.1 Å². The summed E-state index contributed by atoms with van der Waals surface area (Å²) >= 11 is 1.42. The van der Waals surface area contributed by atoms with Crippen molar-refractivity contribution in [3.8, 4) is 0 Å². The SMILES string of the molecule is CCCC[C@@H](C(=O)c1nnc(SCCNC)o1)N(C=O)C1CCCCC1.Cl. The van der Waals surface area contributed by atoms with Crippen molar-refractivity contribution in [1.82, 2.24) is 20.4 Å². The number of thioether (sulfide) groups is 1. The molecule has 1 saturated carbocycles. The monoisotopic (exact) mass is 418 g/mol. The molecule has 1 N–H and O–H groups in total. The average Bonchev–Trinajstić information content (AvgIpc) is 3.14. The molecular formula is C18H31ClN4O3S. The Labute approximate surface area is 171 Å².